The molecule has 0 atom stereocenters. The van der Waals surface area contributed by atoms with Crippen LogP contribution in [0.25, 0.3) is 11.0 Å². The molecule has 0 bridgehead atoms. The van der Waals surface area contributed by atoms with Crippen molar-refractivity contribution in [3.8, 4) is 0 Å². The Morgan fingerprint density at radius 3 is 2.66 bits per heavy atom. The SMILES string of the molecule is C=C/C(=C\N=C)CN1CCN(c2nc3c4c([nH]nc4n2)CCN3Cc2ccccc2)CC1. The van der Waals surface area contributed by atoms with Gasteiger partial charge in [-0.15, -0.1) is 0 Å². The summed E-state index contributed by atoms with van der Waals surface area (Å²) in [6.45, 7) is 13.6. The molecule has 2 aliphatic rings. The fourth-order valence-corrected chi connectivity index (χ4v) is 4.45. The molecule has 164 valence electrons. The molecule has 2 aromatic heterocycles. The molecule has 8 nitrogen and oxygen atoms in total. The summed E-state index contributed by atoms with van der Waals surface area (Å²) in [5, 5.41) is 8.74. The highest BCUT2D eigenvalue weighted by Crippen LogP contribution is 2.33. The molecule has 0 radical (unpaired) electrons. The number of rotatable bonds is 7. The number of nitrogens with zero attached hydrogens (tertiary/aromatic N) is 7. The van der Waals surface area contributed by atoms with Crippen LogP contribution in [0.2, 0.25) is 0 Å². The first kappa shape index (κ1) is 20.4. The molecule has 0 spiro atoms. The Bertz CT molecular complexity index is 1140. The summed E-state index contributed by atoms with van der Waals surface area (Å²) in [6.07, 6.45) is 4.55. The first-order chi connectivity index (χ1) is 15.7. The minimum absolute atomic E-state index is 0.758. The van der Waals surface area contributed by atoms with Gasteiger partial charge in [-0.05, 0) is 17.9 Å². The molecular weight excluding hydrogens is 400 g/mol. The largest absolute Gasteiger partial charge is 0.351 e. The maximum absolute atomic E-state index is 5.05. The van der Waals surface area contributed by atoms with E-state index in [2.05, 4.69) is 73.5 Å². The molecule has 1 N–H and O–H groups in total. The van der Waals surface area contributed by atoms with Crippen LogP contribution >= 0.6 is 0 Å². The van der Waals surface area contributed by atoms with Gasteiger partial charge in [-0.3, -0.25) is 15.0 Å². The molecule has 1 fully saturated rings. The lowest BCUT2D eigenvalue weighted by atomic mass is 10.1. The van der Waals surface area contributed by atoms with E-state index in [-0.39, 0.29) is 0 Å². The second-order valence-corrected chi connectivity index (χ2v) is 8.26. The topological polar surface area (TPSA) is 76.5 Å². The van der Waals surface area contributed by atoms with Gasteiger partial charge < -0.3 is 9.80 Å². The molecule has 0 amide bonds. The van der Waals surface area contributed by atoms with E-state index in [1.807, 2.05) is 6.08 Å². The second kappa shape index (κ2) is 8.92. The number of aromatic amines is 1. The van der Waals surface area contributed by atoms with Gasteiger partial charge >= 0.3 is 0 Å². The third-order valence-electron chi connectivity index (χ3n) is 6.19. The number of aromatic nitrogens is 4. The van der Waals surface area contributed by atoms with Crippen LogP contribution in [0.5, 0.6) is 0 Å². The highest BCUT2D eigenvalue weighted by atomic mass is 15.4. The minimum Gasteiger partial charge on any atom is -0.351 e. The van der Waals surface area contributed by atoms with E-state index in [4.69, 9.17) is 9.97 Å². The first-order valence-electron chi connectivity index (χ1n) is 11.0. The summed E-state index contributed by atoms with van der Waals surface area (Å²) in [5.41, 5.74) is 4.25. The van der Waals surface area contributed by atoms with Crippen LogP contribution in [0.15, 0.2) is 59.8 Å². The fraction of sp³-hybridized carbons (Fsp3) is 0.333. The van der Waals surface area contributed by atoms with Crippen molar-refractivity contribution in [2.24, 2.45) is 4.99 Å². The van der Waals surface area contributed by atoms with Crippen LogP contribution in [0.4, 0.5) is 11.8 Å². The van der Waals surface area contributed by atoms with Gasteiger partial charge in [0.1, 0.15) is 5.82 Å². The lowest BCUT2D eigenvalue weighted by Gasteiger charge is -2.35. The number of hydrogen-bond acceptors (Lipinski definition) is 7. The van der Waals surface area contributed by atoms with Crippen LogP contribution < -0.4 is 9.80 Å². The van der Waals surface area contributed by atoms with Crippen molar-refractivity contribution < 1.29 is 0 Å². The lowest BCUT2D eigenvalue weighted by molar-refractivity contribution is 0.278. The third-order valence-corrected chi connectivity index (χ3v) is 6.19. The van der Waals surface area contributed by atoms with Crippen LogP contribution in [-0.4, -0.2) is 71.1 Å². The van der Waals surface area contributed by atoms with Crippen molar-refractivity contribution in [1.82, 2.24) is 25.1 Å². The van der Waals surface area contributed by atoms with E-state index in [0.29, 0.717) is 0 Å². The Labute approximate surface area is 188 Å². The maximum Gasteiger partial charge on any atom is 0.229 e. The monoisotopic (exact) mass is 428 g/mol. The number of nitrogens with one attached hydrogen (secondary N) is 1. The fourth-order valence-electron chi connectivity index (χ4n) is 4.45. The molecule has 0 unspecified atom stereocenters. The Kier molecular flexibility index (Phi) is 5.68. The summed E-state index contributed by atoms with van der Waals surface area (Å²) < 4.78 is 0. The Morgan fingerprint density at radius 2 is 1.91 bits per heavy atom. The van der Waals surface area contributed by atoms with Gasteiger partial charge in [0.25, 0.3) is 0 Å². The Morgan fingerprint density at radius 1 is 1.09 bits per heavy atom. The smallest absolute Gasteiger partial charge is 0.229 e. The van der Waals surface area contributed by atoms with E-state index in [9.17, 15) is 0 Å². The third kappa shape index (κ3) is 4.01. The van der Waals surface area contributed by atoms with Crippen molar-refractivity contribution in [2.75, 3.05) is 49.1 Å². The average molecular weight is 429 g/mol. The Balaban J connectivity index is 1.37. The van der Waals surface area contributed by atoms with Crippen LogP contribution in [-0.2, 0) is 13.0 Å². The maximum atomic E-state index is 5.05. The van der Waals surface area contributed by atoms with Crippen LogP contribution in [0.1, 0.15) is 11.3 Å². The molecule has 32 heavy (non-hydrogen) atoms. The van der Waals surface area contributed by atoms with E-state index in [1.54, 1.807) is 6.20 Å². The zero-order chi connectivity index (χ0) is 21.9. The normalized spacial score (nSPS) is 17.1. The first-order valence-corrected chi connectivity index (χ1v) is 11.0. The number of H-pyrrole nitrogens is 1. The van der Waals surface area contributed by atoms with Crippen LogP contribution in [0.3, 0.4) is 0 Å². The molecule has 2 aliphatic heterocycles. The molecule has 3 aromatic rings. The number of piperazine rings is 1. The van der Waals surface area contributed by atoms with Gasteiger partial charge in [0.2, 0.25) is 5.95 Å². The van der Waals surface area contributed by atoms with E-state index in [0.717, 1.165) is 86.3 Å². The van der Waals surface area contributed by atoms with Crippen molar-refractivity contribution in [1.29, 1.82) is 0 Å². The van der Waals surface area contributed by atoms with Crippen LogP contribution in [0, 0.1) is 0 Å². The highest BCUT2D eigenvalue weighted by Gasteiger charge is 2.27. The lowest BCUT2D eigenvalue weighted by Crippen LogP contribution is -2.47. The quantitative estimate of drug-likeness (QED) is 0.461. The van der Waals surface area contributed by atoms with Crippen molar-refractivity contribution in [2.45, 2.75) is 13.0 Å². The van der Waals surface area contributed by atoms with Gasteiger partial charge in [0, 0.05) is 58.4 Å². The number of hydrogen-bond donors (Lipinski definition) is 1. The summed E-state index contributed by atoms with van der Waals surface area (Å²) in [5.74, 6) is 1.75. The molecular formula is C24H28N8. The van der Waals surface area contributed by atoms with E-state index in [1.165, 1.54) is 5.56 Å². The Hall–Kier alpha value is -3.52. The van der Waals surface area contributed by atoms with Gasteiger partial charge in [0.05, 0.1) is 11.1 Å². The van der Waals surface area contributed by atoms with Gasteiger partial charge in [-0.2, -0.15) is 15.1 Å². The number of aliphatic imine (C=N–C) groups is 1. The molecule has 8 heteroatoms. The molecule has 0 saturated carbocycles. The van der Waals surface area contributed by atoms with Crippen molar-refractivity contribution >= 4 is 29.5 Å². The summed E-state index contributed by atoms with van der Waals surface area (Å²) in [4.78, 5) is 20.7. The summed E-state index contributed by atoms with van der Waals surface area (Å²) in [7, 11) is 0. The van der Waals surface area contributed by atoms with E-state index < -0.39 is 0 Å². The number of benzene rings is 1. The van der Waals surface area contributed by atoms with Gasteiger partial charge in [-0.25, -0.2) is 0 Å². The highest BCUT2D eigenvalue weighted by molar-refractivity contribution is 5.91. The zero-order valence-corrected chi connectivity index (χ0v) is 18.2. The van der Waals surface area contributed by atoms with Gasteiger partial charge in [-0.1, -0.05) is 43.0 Å². The molecule has 0 aliphatic carbocycles. The number of anilines is 2. The predicted octanol–water partition coefficient (Wildman–Crippen LogP) is 2.81. The zero-order valence-electron chi connectivity index (χ0n) is 18.2. The average Bonchev–Trinajstić information content (AvgIpc) is 3.25. The van der Waals surface area contributed by atoms with Gasteiger partial charge in [0.15, 0.2) is 5.65 Å². The summed E-state index contributed by atoms with van der Waals surface area (Å²) in [6, 6.07) is 10.5. The minimum atomic E-state index is 0.758. The predicted molar refractivity (Wildman–Crippen MR) is 129 cm³/mol. The standard InChI is InChI=1S/C24H28N8/c1-3-18(15-25-2)16-30-11-13-31(14-12-30)24-26-22-21-20(28-29-22)9-10-32(23(21)27-24)17-19-7-5-4-6-8-19/h3-8,15H,1-2,9-14,16-17H2,(H,26,27,28,29)/b18-15+. The summed E-state index contributed by atoms with van der Waals surface area (Å²) >= 11 is 0. The van der Waals surface area contributed by atoms with Crippen molar-refractivity contribution in [3.63, 3.8) is 0 Å². The molecule has 1 aromatic carbocycles. The molecule has 1 saturated heterocycles. The second-order valence-electron chi connectivity index (χ2n) is 8.26. The molecule has 4 heterocycles. The van der Waals surface area contributed by atoms with Crippen molar-refractivity contribution in [3.05, 3.63) is 66.0 Å². The van der Waals surface area contributed by atoms with E-state index >= 15 is 0 Å². The molecule has 5 rings (SSSR count).